The molecule has 4 atom stereocenters. The standard InChI is InChI=1S/C40H43N5O7S/c1-26(46)45-25-30(52-36-23-33(27-13-7-6-8-14-27)42-34-21-29(51-2)18-19-31(34)36)22-35(45)38(47)43-40-24-28(40)15-9-4-3-5-12-20-41-32-16-10-11-17-37(32)53(49,50)44-39(40)48/h6-11,13-19,21,23,28,30,35,41H,3-5,12,20,22,24-25H2,1-2H3,(H,43,47)(H,44,48)/b15-9+/t28-,30-,35+,40-/m1/s1. The number of nitrogens with one attached hydrogen (secondary N) is 3. The second kappa shape index (κ2) is 14.9. The normalized spacial score (nSPS) is 24.6. The van der Waals surface area contributed by atoms with Gasteiger partial charge in [0, 0.05) is 48.9 Å². The lowest BCUT2D eigenvalue weighted by Crippen LogP contribution is -2.56. The molecule has 2 aliphatic heterocycles. The van der Waals surface area contributed by atoms with Crippen molar-refractivity contribution in [1.29, 1.82) is 0 Å². The van der Waals surface area contributed by atoms with Crippen LogP contribution in [-0.2, 0) is 24.4 Å². The summed E-state index contributed by atoms with van der Waals surface area (Å²) in [4.78, 5) is 47.3. The molecule has 53 heavy (non-hydrogen) atoms. The molecule has 13 heteroatoms. The van der Waals surface area contributed by atoms with Crippen molar-refractivity contribution >= 4 is 44.3 Å². The summed E-state index contributed by atoms with van der Waals surface area (Å²) in [5.74, 6) is -0.940. The van der Waals surface area contributed by atoms with E-state index in [4.69, 9.17) is 14.5 Å². The molecule has 3 amide bonds. The molecule has 276 valence electrons. The van der Waals surface area contributed by atoms with Crippen LogP contribution in [0.4, 0.5) is 5.69 Å². The van der Waals surface area contributed by atoms with Gasteiger partial charge in [0.15, 0.2) is 0 Å². The molecule has 12 nitrogen and oxygen atoms in total. The highest BCUT2D eigenvalue weighted by Crippen LogP contribution is 2.46. The topological polar surface area (TPSA) is 156 Å². The monoisotopic (exact) mass is 737 g/mol. The molecule has 3 aromatic carbocycles. The summed E-state index contributed by atoms with van der Waals surface area (Å²) in [5.41, 5.74) is 1.13. The zero-order valence-corrected chi connectivity index (χ0v) is 30.5. The number of rotatable bonds is 6. The molecule has 0 radical (unpaired) electrons. The summed E-state index contributed by atoms with van der Waals surface area (Å²) < 4.78 is 41.5. The van der Waals surface area contributed by atoms with E-state index in [9.17, 15) is 22.8 Å². The maximum atomic E-state index is 14.2. The second-order valence-corrected chi connectivity index (χ2v) is 15.5. The molecular formula is C40H43N5O7S. The average Bonchev–Trinajstić information content (AvgIpc) is 3.68. The first-order chi connectivity index (χ1) is 25.6. The number of nitrogens with zero attached hydrogens (tertiary/aromatic N) is 2. The number of sulfonamides is 1. The van der Waals surface area contributed by atoms with Gasteiger partial charge in [-0.2, -0.15) is 0 Å². The van der Waals surface area contributed by atoms with Crippen LogP contribution in [0.5, 0.6) is 11.5 Å². The minimum atomic E-state index is -4.30. The van der Waals surface area contributed by atoms with Gasteiger partial charge in [0.05, 0.1) is 30.6 Å². The first kappa shape index (κ1) is 36.0. The molecule has 1 saturated carbocycles. The third-order valence-corrected chi connectivity index (χ3v) is 11.6. The zero-order chi connectivity index (χ0) is 37.2. The predicted molar refractivity (Wildman–Crippen MR) is 201 cm³/mol. The fourth-order valence-corrected chi connectivity index (χ4v) is 8.49. The fourth-order valence-electron chi connectivity index (χ4n) is 7.26. The van der Waals surface area contributed by atoms with Gasteiger partial charge < -0.3 is 25.0 Å². The van der Waals surface area contributed by atoms with Crippen LogP contribution in [0.2, 0.25) is 0 Å². The number of fused-ring (bicyclic) bond motifs is 3. The number of carbonyl (C=O) groups excluding carboxylic acids is 3. The summed E-state index contributed by atoms with van der Waals surface area (Å²) in [6, 6.07) is 22.5. The van der Waals surface area contributed by atoms with E-state index in [1.807, 2.05) is 66.7 Å². The Kier molecular flexibility index (Phi) is 10.1. The summed E-state index contributed by atoms with van der Waals surface area (Å²) in [6.07, 6.45) is 7.21. The molecule has 0 unspecified atom stereocenters. The van der Waals surface area contributed by atoms with Crippen LogP contribution in [0.3, 0.4) is 0 Å². The zero-order valence-electron chi connectivity index (χ0n) is 29.7. The van der Waals surface area contributed by atoms with E-state index in [1.54, 1.807) is 25.3 Å². The van der Waals surface area contributed by atoms with Crippen molar-refractivity contribution in [3.63, 3.8) is 0 Å². The number of pyridine rings is 1. The van der Waals surface area contributed by atoms with Gasteiger partial charge in [0.2, 0.25) is 11.8 Å². The van der Waals surface area contributed by atoms with Gasteiger partial charge in [-0.15, -0.1) is 0 Å². The summed E-state index contributed by atoms with van der Waals surface area (Å²) in [6.45, 7) is 2.11. The number of methoxy groups -OCH3 is 1. The molecule has 7 rings (SSSR count). The number of hydrogen-bond acceptors (Lipinski definition) is 9. The van der Waals surface area contributed by atoms with Crippen LogP contribution < -0.4 is 24.8 Å². The number of para-hydroxylation sites is 1. The Labute approximate surface area is 309 Å². The van der Waals surface area contributed by atoms with Crippen LogP contribution in [-0.4, -0.2) is 73.9 Å². The highest BCUT2D eigenvalue weighted by molar-refractivity contribution is 7.90. The van der Waals surface area contributed by atoms with E-state index in [1.165, 1.54) is 17.9 Å². The van der Waals surface area contributed by atoms with Crippen molar-refractivity contribution in [3.8, 4) is 22.8 Å². The van der Waals surface area contributed by atoms with E-state index in [2.05, 4.69) is 15.4 Å². The SMILES string of the molecule is COc1ccc2c(O[C@@H]3C[C@@H](C(=O)N[C@]45C[C@H]4/C=C/CCCCCNc4ccccc4S(=O)(=O)NC5=O)N(C(C)=O)C3)cc(-c3ccccc3)nc2c1. The van der Waals surface area contributed by atoms with E-state index < -0.39 is 45.4 Å². The Balaban J connectivity index is 1.15. The molecule has 4 aromatic rings. The van der Waals surface area contributed by atoms with Crippen LogP contribution in [0, 0.1) is 5.92 Å². The molecule has 2 fully saturated rings. The number of likely N-dealkylation sites (tertiary alicyclic amines) is 1. The van der Waals surface area contributed by atoms with E-state index in [-0.39, 0.29) is 30.2 Å². The number of anilines is 1. The van der Waals surface area contributed by atoms with Gasteiger partial charge in [-0.3, -0.25) is 14.4 Å². The van der Waals surface area contributed by atoms with Gasteiger partial charge in [-0.25, -0.2) is 18.1 Å². The van der Waals surface area contributed by atoms with E-state index in [0.717, 1.165) is 36.6 Å². The summed E-state index contributed by atoms with van der Waals surface area (Å²) >= 11 is 0. The highest BCUT2D eigenvalue weighted by Gasteiger charge is 2.61. The lowest BCUT2D eigenvalue weighted by Gasteiger charge is -2.25. The third-order valence-electron chi connectivity index (χ3n) is 10.2. The first-order valence-electron chi connectivity index (χ1n) is 17.9. The molecule has 3 N–H and O–H groups in total. The second-order valence-electron chi connectivity index (χ2n) is 13.8. The molecule has 3 heterocycles. The number of allylic oxidation sites excluding steroid dienone is 1. The Hall–Kier alpha value is -5.43. The van der Waals surface area contributed by atoms with Crippen LogP contribution in [0.15, 0.2) is 95.9 Å². The molecule has 1 aromatic heterocycles. The maximum absolute atomic E-state index is 14.2. The van der Waals surface area contributed by atoms with Gasteiger partial charge >= 0.3 is 0 Å². The van der Waals surface area contributed by atoms with E-state index >= 15 is 0 Å². The molecule has 3 aliphatic rings. The predicted octanol–water partition coefficient (Wildman–Crippen LogP) is 5.20. The molecule has 1 saturated heterocycles. The van der Waals surface area contributed by atoms with Gasteiger partial charge in [-0.05, 0) is 49.9 Å². The Morgan fingerprint density at radius 1 is 1.00 bits per heavy atom. The number of aromatic nitrogens is 1. The number of ether oxygens (including phenoxy) is 2. The number of benzene rings is 3. The van der Waals surface area contributed by atoms with Crippen molar-refractivity contribution in [2.45, 2.75) is 68.0 Å². The third kappa shape index (κ3) is 7.57. The van der Waals surface area contributed by atoms with Crippen LogP contribution in [0.25, 0.3) is 22.2 Å². The van der Waals surface area contributed by atoms with Crippen LogP contribution in [0.1, 0.15) is 45.4 Å². The van der Waals surface area contributed by atoms with Gasteiger partial charge in [0.25, 0.3) is 15.9 Å². The average molecular weight is 738 g/mol. The summed E-state index contributed by atoms with van der Waals surface area (Å²) in [7, 11) is -2.71. The lowest BCUT2D eigenvalue weighted by molar-refractivity contribution is -0.138. The van der Waals surface area contributed by atoms with Crippen molar-refractivity contribution in [3.05, 3.63) is 91.0 Å². The minimum absolute atomic E-state index is 0.0477. The fraction of sp³-hybridized carbons (Fsp3) is 0.350. The number of carbonyl (C=O) groups is 3. The van der Waals surface area contributed by atoms with Gasteiger partial charge in [0.1, 0.15) is 34.1 Å². The minimum Gasteiger partial charge on any atom is -0.497 e. The molecule has 0 spiro atoms. The molecule has 0 bridgehead atoms. The Morgan fingerprint density at radius 3 is 2.58 bits per heavy atom. The van der Waals surface area contributed by atoms with E-state index in [0.29, 0.717) is 34.9 Å². The maximum Gasteiger partial charge on any atom is 0.266 e. The Bertz CT molecular complexity index is 2180. The summed E-state index contributed by atoms with van der Waals surface area (Å²) in [5, 5.41) is 6.83. The van der Waals surface area contributed by atoms with Gasteiger partial charge in [-0.1, -0.05) is 61.0 Å². The smallest absolute Gasteiger partial charge is 0.266 e. The highest BCUT2D eigenvalue weighted by atomic mass is 32.2. The Morgan fingerprint density at radius 2 is 1.79 bits per heavy atom. The number of amides is 3. The van der Waals surface area contributed by atoms with Crippen molar-refractivity contribution in [1.82, 2.24) is 19.9 Å². The molecule has 1 aliphatic carbocycles. The van der Waals surface area contributed by atoms with Crippen molar-refractivity contribution in [2.24, 2.45) is 5.92 Å². The van der Waals surface area contributed by atoms with Crippen molar-refractivity contribution in [2.75, 3.05) is 25.5 Å². The van der Waals surface area contributed by atoms with Crippen molar-refractivity contribution < 1.29 is 32.3 Å². The largest absolute Gasteiger partial charge is 0.497 e. The quantitative estimate of drug-likeness (QED) is 0.227. The van der Waals surface area contributed by atoms with Crippen LogP contribution >= 0.6 is 0 Å². The first-order valence-corrected chi connectivity index (χ1v) is 19.4. The lowest BCUT2D eigenvalue weighted by atomic mass is 10.1. The molecular weight excluding hydrogens is 695 g/mol. The number of hydrogen-bond donors (Lipinski definition) is 3.